The number of benzene rings is 1. The molecule has 84 valence electrons. The van der Waals surface area contributed by atoms with Crippen molar-refractivity contribution in [3.63, 3.8) is 0 Å². The molecule has 0 aliphatic carbocycles. The second-order valence-electron chi connectivity index (χ2n) is 3.41. The van der Waals surface area contributed by atoms with E-state index in [9.17, 15) is 5.11 Å². The van der Waals surface area contributed by atoms with E-state index in [1.807, 2.05) is 18.2 Å². The van der Waals surface area contributed by atoms with Crippen molar-refractivity contribution in [1.29, 1.82) is 0 Å². The summed E-state index contributed by atoms with van der Waals surface area (Å²) in [5.41, 5.74) is 1.47. The highest BCUT2D eigenvalue weighted by molar-refractivity contribution is 5.50. The summed E-state index contributed by atoms with van der Waals surface area (Å²) in [4.78, 5) is 3.88. The quantitative estimate of drug-likeness (QED) is 0.846. The number of aliphatic hydroxyl groups excluding tert-OH is 1. The van der Waals surface area contributed by atoms with E-state index in [1.54, 1.807) is 25.0 Å². The molecule has 0 saturated heterocycles. The van der Waals surface area contributed by atoms with E-state index >= 15 is 0 Å². The summed E-state index contributed by atoms with van der Waals surface area (Å²) in [5, 5.41) is 13.8. The fourth-order valence-corrected chi connectivity index (χ4v) is 1.66. The molecule has 1 aromatic carbocycles. The van der Waals surface area contributed by atoms with E-state index in [4.69, 9.17) is 4.74 Å². The summed E-state index contributed by atoms with van der Waals surface area (Å²) < 4.78 is 6.83. The molecule has 0 aliphatic heterocycles. The van der Waals surface area contributed by atoms with E-state index in [0.29, 0.717) is 11.3 Å². The van der Waals surface area contributed by atoms with Gasteiger partial charge in [-0.05, 0) is 19.1 Å². The van der Waals surface area contributed by atoms with Gasteiger partial charge in [-0.1, -0.05) is 6.07 Å². The van der Waals surface area contributed by atoms with Crippen LogP contribution in [0.15, 0.2) is 30.9 Å². The van der Waals surface area contributed by atoms with Crippen molar-refractivity contribution >= 4 is 0 Å². The van der Waals surface area contributed by atoms with Gasteiger partial charge >= 0.3 is 0 Å². The molecule has 0 amide bonds. The molecule has 0 aliphatic rings. The zero-order valence-corrected chi connectivity index (χ0v) is 9.16. The zero-order valence-electron chi connectivity index (χ0n) is 9.16. The summed E-state index contributed by atoms with van der Waals surface area (Å²) in [6.45, 7) is 1.69. The Morgan fingerprint density at radius 1 is 1.44 bits per heavy atom. The Morgan fingerprint density at radius 2 is 2.25 bits per heavy atom. The van der Waals surface area contributed by atoms with Crippen LogP contribution in [0.25, 0.3) is 5.69 Å². The maximum absolute atomic E-state index is 9.77. The summed E-state index contributed by atoms with van der Waals surface area (Å²) in [7, 11) is 1.58. The summed E-state index contributed by atoms with van der Waals surface area (Å²) >= 11 is 0. The highest BCUT2D eigenvalue weighted by atomic mass is 16.5. The lowest BCUT2D eigenvalue weighted by molar-refractivity contribution is 0.194. The summed E-state index contributed by atoms with van der Waals surface area (Å²) in [5.74, 6) is 0.642. The van der Waals surface area contributed by atoms with Crippen molar-refractivity contribution in [1.82, 2.24) is 14.8 Å². The Hall–Kier alpha value is -1.88. The SMILES string of the molecule is COc1cccc(-n2cncn2)c1[C@@H](C)O. The average Bonchev–Trinajstić information content (AvgIpc) is 2.81. The molecule has 2 aromatic rings. The third-order valence-corrected chi connectivity index (χ3v) is 2.35. The largest absolute Gasteiger partial charge is 0.496 e. The fraction of sp³-hybridized carbons (Fsp3) is 0.273. The molecule has 1 heterocycles. The van der Waals surface area contributed by atoms with Gasteiger partial charge in [-0.3, -0.25) is 0 Å². The maximum atomic E-state index is 9.77. The van der Waals surface area contributed by atoms with Gasteiger partial charge in [0.15, 0.2) is 0 Å². The minimum atomic E-state index is -0.629. The molecule has 2 rings (SSSR count). The van der Waals surface area contributed by atoms with Crippen molar-refractivity contribution in [2.24, 2.45) is 0 Å². The number of rotatable bonds is 3. The minimum absolute atomic E-state index is 0.629. The van der Waals surface area contributed by atoms with Gasteiger partial charge in [0.1, 0.15) is 18.4 Å². The number of hydrogen-bond donors (Lipinski definition) is 1. The van der Waals surface area contributed by atoms with E-state index in [1.165, 1.54) is 6.33 Å². The van der Waals surface area contributed by atoms with Crippen LogP contribution in [0.5, 0.6) is 5.75 Å². The van der Waals surface area contributed by atoms with Gasteiger partial charge < -0.3 is 9.84 Å². The predicted octanol–water partition coefficient (Wildman–Crippen LogP) is 1.33. The van der Waals surface area contributed by atoms with Crippen LogP contribution in [-0.4, -0.2) is 27.0 Å². The Labute approximate surface area is 93.3 Å². The standard InChI is InChI=1S/C11H13N3O2/c1-8(15)11-9(14-7-12-6-13-14)4-3-5-10(11)16-2/h3-8,15H,1-2H3/t8-/m1/s1. The topological polar surface area (TPSA) is 60.2 Å². The van der Waals surface area contributed by atoms with Crippen LogP contribution < -0.4 is 4.74 Å². The molecule has 5 nitrogen and oxygen atoms in total. The molecule has 1 N–H and O–H groups in total. The smallest absolute Gasteiger partial charge is 0.138 e. The molecule has 5 heteroatoms. The van der Waals surface area contributed by atoms with Crippen molar-refractivity contribution in [2.75, 3.05) is 7.11 Å². The molecule has 16 heavy (non-hydrogen) atoms. The molecule has 1 aromatic heterocycles. The highest BCUT2D eigenvalue weighted by Crippen LogP contribution is 2.30. The van der Waals surface area contributed by atoms with Crippen LogP contribution in [0.2, 0.25) is 0 Å². The Morgan fingerprint density at radius 3 is 2.81 bits per heavy atom. The second-order valence-corrected chi connectivity index (χ2v) is 3.41. The molecular weight excluding hydrogens is 206 g/mol. The zero-order chi connectivity index (χ0) is 11.5. The Balaban J connectivity index is 2.61. The third kappa shape index (κ3) is 1.77. The molecule has 0 bridgehead atoms. The lowest BCUT2D eigenvalue weighted by Crippen LogP contribution is -2.05. The molecular formula is C11H13N3O2. The van der Waals surface area contributed by atoms with E-state index in [2.05, 4.69) is 10.1 Å². The van der Waals surface area contributed by atoms with Crippen LogP contribution in [-0.2, 0) is 0 Å². The maximum Gasteiger partial charge on any atom is 0.138 e. The first-order chi connectivity index (χ1) is 7.74. The van der Waals surface area contributed by atoms with Crippen molar-refractivity contribution in [3.8, 4) is 11.4 Å². The molecule has 0 fully saturated rings. The van der Waals surface area contributed by atoms with Crippen LogP contribution in [0.4, 0.5) is 0 Å². The third-order valence-electron chi connectivity index (χ3n) is 2.35. The monoisotopic (exact) mass is 219 g/mol. The molecule has 0 saturated carbocycles. The first-order valence-electron chi connectivity index (χ1n) is 4.94. The highest BCUT2D eigenvalue weighted by Gasteiger charge is 2.15. The summed E-state index contributed by atoms with van der Waals surface area (Å²) in [6.07, 6.45) is 2.40. The van der Waals surface area contributed by atoms with Gasteiger partial charge in [-0.2, -0.15) is 5.10 Å². The first-order valence-corrected chi connectivity index (χ1v) is 4.94. The molecule has 0 radical (unpaired) electrons. The number of aromatic nitrogens is 3. The van der Waals surface area contributed by atoms with Crippen LogP contribution in [0, 0.1) is 0 Å². The van der Waals surface area contributed by atoms with E-state index in [0.717, 1.165) is 5.69 Å². The Bertz CT molecular complexity index is 466. The van der Waals surface area contributed by atoms with Gasteiger partial charge in [0.2, 0.25) is 0 Å². The molecule has 0 unspecified atom stereocenters. The van der Waals surface area contributed by atoms with Gasteiger partial charge in [-0.25, -0.2) is 9.67 Å². The number of ether oxygens (including phenoxy) is 1. The van der Waals surface area contributed by atoms with Gasteiger partial charge in [0, 0.05) is 5.56 Å². The molecule has 0 spiro atoms. The van der Waals surface area contributed by atoms with Crippen LogP contribution in [0.3, 0.4) is 0 Å². The normalized spacial score (nSPS) is 12.4. The predicted molar refractivity (Wildman–Crippen MR) is 58.5 cm³/mol. The van der Waals surface area contributed by atoms with Gasteiger partial charge in [0.05, 0.1) is 18.9 Å². The van der Waals surface area contributed by atoms with Crippen molar-refractivity contribution < 1.29 is 9.84 Å². The number of hydrogen-bond acceptors (Lipinski definition) is 4. The van der Waals surface area contributed by atoms with Crippen LogP contribution in [0.1, 0.15) is 18.6 Å². The van der Waals surface area contributed by atoms with E-state index < -0.39 is 6.10 Å². The first kappa shape index (κ1) is 10.6. The lowest BCUT2D eigenvalue weighted by Gasteiger charge is -2.15. The summed E-state index contributed by atoms with van der Waals surface area (Å²) in [6, 6.07) is 5.52. The number of aliphatic hydroxyl groups is 1. The van der Waals surface area contributed by atoms with Gasteiger partial charge in [0.25, 0.3) is 0 Å². The van der Waals surface area contributed by atoms with Gasteiger partial charge in [-0.15, -0.1) is 0 Å². The van der Waals surface area contributed by atoms with Crippen LogP contribution >= 0.6 is 0 Å². The number of methoxy groups -OCH3 is 1. The Kier molecular flexibility index (Phi) is 2.87. The minimum Gasteiger partial charge on any atom is -0.496 e. The second kappa shape index (κ2) is 4.32. The number of nitrogens with zero attached hydrogens (tertiary/aromatic N) is 3. The van der Waals surface area contributed by atoms with Crippen molar-refractivity contribution in [2.45, 2.75) is 13.0 Å². The lowest BCUT2D eigenvalue weighted by atomic mass is 10.1. The van der Waals surface area contributed by atoms with E-state index in [-0.39, 0.29) is 0 Å². The average molecular weight is 219 g/mol. The molecule has 1 atom stereocenters. The van der Waals surface area contributed by atoms with Crippen molar-refractivity contribution in [3.05, 3.63) is 36.4 Å². The fourth-order valence-electron chi connectivity index (χ4n) is 1.66.